The Kier molecular flexibility index (Phi) is 5.39. The fourth-order valence-corrected chi connectivity index (χ4v) is 2.44. The summed E-state index contributed by atoms with van der Waals surface area (Å²) in [5, 5.41) is 0. The van der Waals surface area contributed by atoms with E-state index in [2.05, 4.69) is 15.9 Å². The van der Waals surface area contributed by atoms with Gasteiger partial charge in [0.05, 0.1) is 5.56 Å². The maximum Gasteiger partial charge on any atom is 0.153 e. The smallest absolute Gasteiger partial charge is 0.153 e. The highest BCUT2D eigenvalue weighted by Gasteiger charge is 2.05. The van der Waals surface area contributed by atoms with Crippen molar-refractivity contribution in [3.8, 4) is 11.5 Å². The summed E-state index contributed by atoms with van der Waals surface area (Å²) in [6.07, 6.45) is 0.784. The Labute approximate surface area is 133 Å². The highest BCUT2D eigenvalue weighted by Crippen LogP contribution is 2.23. The zero-order valence-corrected chi connectivity index (χ0v) is 13.6. The zero-order chi connectivity index (χ0) is 15.2. The van der Waals surface area contributed by atoms with E-state index in [-0.39, 0.29) is 0 Å². The van der Waals surface area contributed by atoms with E-state index in [1.54, 1.807) is 12.1 Å². The van der Waals surface area contributed by atoms with Crippen molar-refractivity contribution in [1.29, 1.82) is 0 Å². The lowest BCUT2D eigenvalue weighted by molar-refractivity contribution is 0.111. The van der Waals surface area contributed by atoms with Crippen molar-refractivity contribution < 1.29 is 14.3 Å². The molecule has 0 amide bonds. The molecule has 2 rings (SSSR count). The molecule has 110 valence electrons. The molecule has 0 bridgehead atoms. The van der Waals surface area contributed by atoms with E-state index < -0.39 is 0 Å². The quantitative estimate of drug-likeness (QED) is 0.575. The first-order valence-electron chi connectivity index (χ1n) is 6.68. The Bertz CT molecular complexity index is 618. The van der Waals surface area contributed by atoms with Crippen LogP contribution >= 0.6 is 15.9 Å². The van der Waals surface area contributed by atoms with Crippen LogP contribution in [0.15, 0.2) is 40.9 Å². The number of halogens is 1. The lowest BCUT2D eigenvalue weighted by Gasteiger charge is -2.13. The van der Waals surface area contributed by atoms with Crippen LogP contribution in [0.4, 0.5) is 0 Å². The lowest BCUT2D eigenvalue weighted by atomic mass is 10.1. The summed E-state index contributed by atoms with van der Waals surface area (Å²) in [6, 6.07) is 11.4. The van der Waals surface area contributed by atoms with Crippen molar-refractivity contribution in [2.24, 2.45) is 0 Å². The Hall–Kier alpha value is -1.81. The molecule has 0 fully saturated rings. The van der Waals surface area contributed by atoms with E-state index in [1.807, 2.05) is 38.1 Å². The van der Waals surface area contributed by atoms with E-state index in [1.165, 1.54) is 0 Å². The van der Waals surface area contributed by atoms with E-state index in [0.29, 0.717) is 24.5 Å². The van der Waals surface area contributed by atoms with Crippen molar-refractivity contribution in [2.45, 2.75) is 13.8 Å². The van der Waals surface area contributed by atoms with Crippen LogP contribution in [0.2, 0.25) is 0 Å². The van der Waals surface area contributed by atoms with Gasteiger partial charge in [-0.1, -0.05) is 34.1 Å². The molecular formula is C17H17BrO3. The minimum atomic E-state index is 0.385. The molecule has 2 aromatic rings. The van der Waals surface area contributed by atoms with Crippen molar-refractivity contribution in [1.82, 2.24) is 0 Å². The van der Waals surface area contributed by atoms with Crippen LogP contribution < -0.4 is 9.47 Å². The third-order valence-corrected chi connectivity index (χ3v) is 3.59. The number of para-hydroxylation sites is 1. The van der Waals surface area contributed by atoms with Gasteiger partial charge in [0.15, 0.2) is 6.29 Å². The first-order chi connectivity index (χ1) is 10.1. The topological polar surface area (TPSA) is 35.5 Å². The fraction of sp³-hybridized carbons (Fsp3) is 0.235. The maximum absolute atomic E-state index is 11.0. The minimum Gasteiger partial charge on any atom is -0.489 e. The number of carbonyl (C=O) groups is 1. The number of aryl methyl sites for hydroxylation is 2. The second-order valence-corrected chi connectivity index (χ2v) is 5.63. The molecule has 2 aromatic carbocycles. The molecule has 0 saturated carbocycles. The molecule has 0 saturated heterocycles. The Morgan fingerprint density at radius 3 is 2.38 bits per heavy atom. The molecule has 3 nitrogen and oxygen atoms in total. The molecule has 0 aliphatic carbocycles. The standard InChI is InChI=1S/C17H17BrO3/c1-12-4-3-5-13(2)17(12)21-9-8-20-16-7-6-15(18)10-14(16)11-19/h3-7,10-11H,8-9H2,1-2H3. The maximum atomic E-state index is 11.0. The van der Waals surface area contributed by atoms with Gasteiger partial charge >= 0.3 is 0 Å². The Morgan fingerprint density at radius 1 is 1.05 bits per heavy atom. The fourth-order valence-electron chi connectivity index (χ4n) is 2.07. The largest absolute Gasteiger partial charge is 0.489 e. The average molecular weight is 349 g/mol. The van der Waals surface area contributed by atoms with Crippen LogP contribution in [0, 0.1) is 13.8 Å². The van der Waals surface area contributed by atoms with Crippen molar-refractivity contribution in [2.75, 3.05) is 13.2 Å². The van der Waals surface area contributed by atoms with Gasteiger partial charge in [-0.2, -0.15) is 0 Å². The molecule has 0 radical (unpaired) electrons. The number of aldehydes is 1. The molecule has 0 atom stereocenters. The molecule has 0 spiro atoms. The number of hydrogen-bond donors (Lipinski definition) is 0. The van der Waals surface area contributed by atoms with Gasteiger partial charge in [0.2, 0.25) is 0 Å². The Morgan fingerprint density at radius 2 is 1.71 bits per heavy atom. The van der Waals surface area contributed by atoms with Crippen molar-refractivity contribution in [3.05, 3.63) is 57.6 Å². The summed E-state index contributed by atoms with van der Waals surface area (Å²) in [5.74, 6) is 1.46. The van der Waals surface area contributed by atoms with Crippen LogP contribution in [0.5, 0.6) is 11.5 Å². The van der Waals surface area contributed by atoms with Gasteiger partial charge in [-0.3, -0.25) is 4.79 Å². The van der Waals surface area contributed by atoms with Crippen LogP contribution in [0.25, 0.3) is 0 Å². The van der Waals surface area contributed by atoms with Gasteiger partial charge in [-0.05, 0) is 43.2 Å². The summed E-state index contributed by atoms with van der Waals surface area (Å²) in [6.45, 7) is 4.85. The summed E-state index contributed by atoms with van der Waals surface area (Å²) in [4.78, 5) is 11.0. The van der Waals surface area contributed by atoms with E-state index >= 15 is 0 Å². The third-order valence-electron chi connectivity index (χ3n) is 3.09. The van der Waals surface area contributed by atoms with Gasteiger partial charge in [0, 0.05) is 4.47 Å². The number of rotatable bonds is 6. The summed E-state index contributed by atoms with van der Waals surface area (Å²) in [5.41, 5.74) is 2.73. The van der Waals surface area contributed by atoms with Crippen LogP contribution in [0.3, 0.4) is 0 Å². The summed E-state index contributed by atoms with van der Waals surface area (Å²) < 4.78 is 12.2. The molecule has 0 N–H and O–H groups in total. The van der Waals surface area contributed by atoms with Gasteiger partial charge in [-0.25, -0.2) is 0 Å². The first-order valence-corrected chi connectivity index (χ1v) is 7.47. The average Bonchev–Trinajstić information content (AvgIpc) is 2.47. The normalized spacial score (nSPS) is 10.2. The number of ether oxygens (including phenoxy) is 2. The zero-order valence-electron chi connectivity index (χ0n) is 12.1. The van der Waals surface area contributed by atoms with E-state index in [4.69, 9.17) is 9.47 Å². The van der Waals surface area contributed by atoms with E-state index in [0.717, 1.165) is 27.6 Å². The highest BCUT2D eigenvalue weighted by molar-refractivity contribution is 9.10. The monoisotopic (exact) mass is 348 g/mol. The van der Waals surface area contributed by atoms with Gasteiger partial charge in [0.25, 0.3) is 0 Å². The molecule has 0 heterocycles. The third kappa shape index (κ3) is 4.08. The number of benzene rings is 2. The van der Waals surface area contributed by atoms with Crippen LogP contribution in [-0.2, 0) is 0 Å². The van der Waals surface area contributed by atoms with Gasteiger partial charge in [-0.15, -0.1) is 0 Å². The molecular weight excluding hydrogens is 332 g/mol. The molecule has 21 heavy (non-hydrogen) atoms. The molecule has 0 unspecified atom stereocenters. The van der Waals surface area contributed by atoms with Crippen LogP contribution in [0.1, 0.15) is 21.5 Å². The Balaban J connectivity index is 1.92. The lowest BCUT2D eigenvalue weighted by Crippen LogP contribution is -2.11. The van der Waals surface area contributed by atoms with Crippen molar-refractivity contribution >= 4 is 22.2 Å². The van der Waals surface area contributed by atoms with Crippen molar-refractivity contribution in [3.63, 3.8) is 0 Å². The first kappa shape index (κ1) is 15.6. The summed E-state index contributed by atoms with van der Waals surface area (Å²) in [7, 11) is 0. The number of hydrogen-bond acceptors (Lipinski definition) is 3. The van der Waals surface area contributed by atoms with Crippen LogP contribution in [-0.4, -0.2) is 19.5 Å². The second kappa shape index (κ2) is 7.27. The van der Waals surface area contributed by atoms with Gasteiger partial charge in [0.1, 0.15) is 24.7 Å². The highest BCUT2D eigenvalue weighted by atomic mass is 79.9. The number of carbonyl (C=O) groups excluding carboxylic acids is 1. The predicted molar refractivity (Wildman–Crippen MR) is 86.4 cm³/mol. The van der Waals surface area contributed by atoms with E-state index in [9.17, 15) is 4.79 Å². The van der Waals surface area contributed by atoms with Gasteiger partial charge < -0.3 is 9.47 Å². The molecule has 4 heteroatoms. The molecule has 0 aliphatic heterocycles. The molecule has 0 aliphatic rings. The minimum absolute atomic E-state index is 0.385. The summed E-state index contributed by atoms with van der Waals surface area (Å²) >= 11 is 3.33. The SMILES string of the molecule is Cc1cccc(C)c1OCCOc1ccc(Br)cc1C=O. The predicted octanol–water partition coefficient (Wildman–Crippen LogP) is 4.34. The molecule has 0 aromatic heterocycles. The second-order valence-electron chi connectivity index (χ2n) is 4.72.